The first-order chi connectivity index (χ1) is 10.9. The van der Waals surface area contributed by atoms with E-state index in [1.54, 1.807) is 13.8 Å². The molecule has 1 fully saturated rings. The summed E-state index contributed by atoms with van der Waals surface area (Å²) in [6.45, 7) is 3.58. The van der Waals surface area contributed by atoms with Crippen LogP contribution in [0.25, 0.3) is 11.2 Å². The van der Waals surface area contributed by atoms with Crippen LogP contribution in [0.1, 0.15) is 20.1 Å². The number of nitrogen functional groups attached to an aromatic ring is 1. The summed E-state index contributed by atoms with van der Waals surface area (Å²) in [5.41, 5.74) is 6.42. The fourth-order valence-electron chi connectivity index (χ4n) is 2.53. The Hall–Kier alpha value is -2.30. The zero-order valence-corrected chi connectivity index (χ0v) is 12.6. The molecule has 0 aliphatic carbocycles. The number of nitrogens with two attached hydrogens (primary N) is 1. The molecule has 0 aromatic carbocycles. The number of aliphatic hydroxyl groups is 2. The van der Waals surface area contributed by atoms with Gasteiger partial charge >= 0.3 is 0 Å². The standard InChI is InChI=1S/C13H18N6O4/c1-5(2)18-12(22)9-7(20)8(21)13(23-9)19-4-17-6-10(14)15-3-16-11(6)19/h3-5,7-9,13,20-21H,1-2H3,(H,18,22)(H2,14,15,16)/t7-,8+,9-,13?/m0/s1. The van der Waals surface area contributed by atoms with Gasteiger partial charge in [-0.3, -0.25) is 9.36 Å². The first-order valence-corrected chi connectivity index (χ1v) is 7.15. The van der Waals surface area contributed by atoms with Gasteiger partial charge in [0.1, 0.15) is 24.1 Å². The molecule has 1 amide bonds. The molecule has 3 heterocycles. The van der Waals surface area contributed by atoms with Crippen molar-refractivity contribution < 1.29 is 19.7 Å². The van der Waals surface area contributed by atoms with Gasteiger partial charge in [-0.2, -0.15) is 0 Å². The molecule has 0 spiro atoms. The summed E-state index contributed by atoms with van der Waals surface area (Å²) in [4.78, 5) is 24.0. The Balaban J connectivity index is 1.91. The molecule has 4 atom stereocenters. The quantitative estimate of drug-likeness (QED) is 0.536. The van der Waals surface area contributed by atoms with Gasteiger partial charge in [0, 0.05) is 6.04 Å². The molecule has 0 bridgehead atoms. The molecule has 10 nitrogen and oxygen atoms in total. The number of hydrogen-bond donors (Lipinski definition) is 4. The van der Waals surface area contributed by atoms with E-state index in [9.17, 15) is 15.0 Å². The third-order valence-electron chi connectivity index (χ3n) is 3.59. The number of anilines is 1. The van der Waals surface area contributed by atoms with Crippen LogP contribution in [-0.4, -0.2) is 60.0 Å². The van der Waals surface area contributed by atoms with Gasteiger partial charge in [-0.15, -0.1) is 0 Å². The number of aliphatic hydroxyl groups excluding tert-OH is 2. The third kappa shape index (κ3) is 2.60. The first-order valence-electron chi connectivity index (χ1n) is 7.15. The molecule has 23 heavy (non-hydrogen) atoms. The molecular weight excluding hydrogens is 304 g/mol. The highest BCUT2D eigenvalue weighted by atomic mass is 16.6. The number of hydrogen-bond acceptors (Lipinski definition) is 8. The van der Waals surface area contributed by atoms with Crippen LogP contribution in [0.2, 0.25) is 0 Å². The Kier molecular flexibility index (Phi) is 3.88. The molecule has 3 rings (SSSR count). The maximum atomic E-state index is 12.1. The molecule has 0 radical (unpaired) electrons. The molecule has 0 saturated carbocycles. The van der Waals surface area contributed by atoms with Crippen LogP contribution in [0.5, 0.6) is 0 Å². The van der Waals surface area contributed by atoms with E-state index in [-0.39, 0.29) is 11.9 Å². The average Bonchev–Trinajstić information content (AvgIpc) is 3.02. The van der Waals surface area contributed by atoms with E-state index in [0.29, 0.717) is 11.2 Å². The number of rotatable bonds is 3. The fourth-order valence-corrected chi connectivity index (χ4v) is 2.53. The molecule has 1 saturated heterocycles. The second kappa shape index (κ2) is 5.72. The Morgan fingerprint density at radius 3 is 2.78 bits per heavy atom. The van der Waals surface area contributed by atoms with Gasteiger partial charge in [0.15, 0.2) is 23.8 Å². The largest absolute Gasteiger partial charge is 0.387 e. The third-order valence-corrected chi connectivity index (χ3v) is 3.59. The monoisotopic (exact) mass is 322 g/mol. The molecule has 1 aliphatic rings. The predicted octanol–water partition coefficient (Wildman–Crippen LogP) is -1.45. The highest BCUT2D eigenvalue weighted by molar-refractivity contribution is 5.83. The highest BCUT2D eigenvalue weighted by Crippen LogP contribution is 2.32. The summed E-state index contributed by atoms with van der Waals surface area (Å²) in [6, 6.07) is -0.115. The smallest absolute Gasteiger partial charge is 0.252 e. The van der Waals surface area contributed by atoms with Crippen molar-refractivity contribution in [1.29, 1.82) is 0 Å². The zero-order chi connectivity index (χ0) is 16.7. The van der Waals surface area contributed by atoms with Gasteiger partial charge in [-0.1, -0.05) is 0 Å². The minimum atomic E-state index is -1.37. The van der Waals surface area contributed by atoms with Crippen LogP contribution in [0.15, 0.2) is 12.7 Å². The number of imidazole rings is 1. The van der Waals surface area contributed by atoms with Gasteiger partial charge in [0.25, 0.3) is 5.91 Å². The second-order valence-electron chi connectivity index (χ2n) is 5.67. The van der Waals surface area contributed by atoms with Crippen LogP contribution in [0, 0.1) is 0 Å². The Bertz CT molecular complexity index is 732. The fraction of sp³-hybridized carbons (Fsp3) is 0.538. The van der Waals surface area contributed by atoms with E-state index in [1.165, 1.54) is 17.2 Å². The number of amides is 1. The lowest BCUT2D eigenvalue weighted by Gasteiger charge is -2.16. The maximum Gasteiger partial charge on any atom is 0.252 e. The molecule has 2 aromatic heterocycles. The van der Waals surface area contributed by atoms with E-state index in [1.807, 2.05) is 0 Å². The minimum absolute atomic E-state index is 0.115. The van der Waals surface area contributed by atoms with Crippen LogP contribution in [-0.2, 0) is 9.53 Å². The number of carbonyl (C=O) groups is 1. The summed E-state index contributed by atoms with van der Waals surface area (Å²) in [5, 5.41) is 23.0. The zero-order valence-electron chi connectivity index (χ0n) is 12.6. The number of aromatic nitrogens is 4. The van der Waals surface area contributed by atoms with Crippen LogP contribution in [0.3, 0.4) is 0 Å². The number of nitrogens with one attached hydrogen (secondary N) is 1. The Morgan fingerprint density at radius 1 is 1.35 bits per heavy atom. The van der Waals surface area contributed by atoms with Gasteiger partial charge in [0.2, 0.25) is 0 Å². The molecule has 124 valence electrons. The number of carbonyl (C=O) groups excluding carboxylic acids is 1. The van der Waals surface area contributed by atoms with Gasteiger partial charge in [-0.25, -0.2) is 15.0 Å². The van der Waals surface area contributed by atoms with Crippen LogP contribution >= 0.6 is 0 Å². The topological polar surface area (TPSA) is 148 Å². The van der Waals surface area contributed by atoms with E-state index >= 15 is 0 Å². The van der Waals surface area contributed by atoms with Crippen molar-refractivity contribution in [2.45, 2.75) is 44.4 Å². The van der Waals surface area contributed by atoms with Crippen LogP contribution < -0.4 is 11.1 Å². The van der Waals surface area contributed by atoms with Crippen molar-refractivity contribution in [3.05, 3.63) is 12.7 Å². The first kappa shape index (κ1) is 15.6. The average molecular weight is 322 g/mol. The molecule has 1 unspecified atom stereocenters. The summed E-state index contributed by atoms with van der Waals surface area (Å²) in [7, 11) is 0. The summed E-state index contributed by atoms with van der Waals surface area (Å²) in [6.07, 6.45) is -2.24. The van der Waals surface area contributed by atoms with E-state index in [4.69, 9.17) is 10.5 Å². The van der Waals surface area contributed by atoms with Crippen molar-refractivity contribution in [2.75, 3.05) is 5.73 Å². The van der Waals surface area contributed by atoms with Crippen molar-refractivity contribution in [3.8, 4) is 0 Å². The van der Waals surface area contributed by atoms with Crippen molar-refractivity contribution in [2.24, 2.45) is 0 Å². The maximum absolute atomic E-state index is 12.1. The molecule has 10 heteroatoms. The Labute approximate surface area is 131 Å². The predicted molar refractivity (Wildman–Crippen MR) is 78.9 cm³/mol. The van der Waals surface area contributed by atoms with Crippen molar-refractivity contribution in [1.82, 2.24) is 24.8 Å². The Morgan fingerprint density at radius 2 is 2.09 bits per heavy atom. The van der Waals surface area contributed by atoms with Crippen molar-refractivity contribution in [3.63, 3.8) is 0 Å². The van der Waals surface area contributed by atoms with Gasteiger partial charge in [-0.05, 0) is 13.8 Å². The summed E-state index contributed by atoms with van der Waals surface area (Å²) in [5.74, 6) is -0.302. The summed E-state index contributed by atoms with van der Waals surface area (Å²) >= 11 is 0. The number of ether oxygens (including phenoxy) is 1. The number of nitrogens with zero attached hydrogens (tertiary/aromatic N) is 4. The molecular formula is C13H18N6O4. The van der Waals surface area contributed by atoms with E-state index < -0.39 is 30.4 Å². The van der Waals surface area contributed by atoms with E-state index in [2.05, 4.69) is 20.3 Å². The van der Waals surface area contributed by atoms with Crippen LogP contribution in [0.4, 0.5) is 5.82 Å². The van der Waals surface area contributed by atoms with E-state index in [0.717, 1.165) is 0 Å². The lowest BCUT2D eigenvalue weighted by atomic mass is 10.1. The molecule has 1 aliphatic heterocycles. The minimum Gasteiger partial charge on any atom is -0.387 e. The normalized spacial score (nSPS) is 27.7. The van der Waals surface area contributed by atoms with Gasteiger partial charge < -0.3 is 26.0 Å². The second-order valence-corrected chi connectivity index (χ2v) is 5.67. The highest BCUT2D eigenvalue weighted by Gasteiger charge is 2.47. The lowest BCUT2D eigenvalue weighted by Crippen LogP contribution is -2.45. The van der Waals surface area contributed by atoms with Crippen molar-refractivity contribution >= 4 is 22.9 Å². The molecule has 2 aromatic rings. The lowest BCUT2D eigenvalue weighted by molar-refractivity contribution is -0.138. The van der Waals surface area contributed by atoms with Gasteiger partial charge in [0.05, 0.1) is 6.33 Å². The number of fused-ring (bicyclic) bond motifs is 1. The SMILES string of the molecule is CC(C)NC(=O)[C@H]1OC(n2cnc3c(N)ncnc32)[C@H](O)[C@@H]1O. The molecule has 5 N–H and O–H groups in total. The summed E-state index contributed by atoms with van der Waals surface area (Å²) < 4.78 is 6.97.